The van der Waals surface area contributed by atoms with Crippen molar-refractivity contribution in [1.29, 1.82) is 0 Å². The first-order chi connectivity index (χ1) is 12.6. The highest BCUT2D eigenvalue weighted by molar-refractivity contribution is 5.75. The fourth-order valence-corrected chi connectivity index (χ4v) is 3.78. The van der Waals surface area contributed by atoms with Crippen molar-refractivity contribution in [1.82, 2.24) is 0 Å². The van der Waals surface area contributed by atoms with E-state index in [0.717, 1.165) is 6.42 Å². The summed E-state index contributed by atoms with van der Waals surface area (Å²) in [6, 6.07) is 18.1. The Bertz CT molecular complexity index is 957. The van der Waals surface area contributed by atoms with Crippen LogP contribution >= 0.6 is 0 Å². The molecule has 0 saturated carbocycles. The molecule has 1 aromatic heterocycles. The fraction of sp³-hybridized carbons (Fsp3) is 0.346. The van der Waals surface area contributed by atoms with Crippen molar-refractivity contribution in [2.45, 2.75) is 48.0 Å². The highest BCUT2D eigenvalue weighted by atomic mass is 14.9. The molecule has 0 bridgehead atoms. The molecule has 0 unspecified atom stereocenters. The van der Waals surface area contributed by atoms with E-state index in [0.29, 0.717) is 0 Å². The van der Waals surface area contributed by atoms with Crippen LogP contribution in [-0.2, 0) is 13.5 Å². The summed E-state index contributed by atoms with van der Waals surface area (Å²) in [5.41, 5.74) is 10.8. The van der Waals surface area contributed by atoms with Crippen LogP contribution in [0.3, 0.4) is 0 Å². The molecule has 0 fully saturated rings. The molecular formula is C26H32N+. The van der Waals surface area contributed by atoms with Crippen LogP contribution in [0.15, 0.2) is 54.7 Å². The summed E-state index contributed by atoms with van der Waals surface area (Å²) in [6.45, 7) is 13.5. The molecule has 0 N–H and O–H groups in total. The maximum Gasteiger partial charge on any atom is 0.212 e. The average molecular weight is 359 g/mol. The Morgan fingerprint density at radius 3 is 2.04 bits per heavy atom. The number of aromatic nitrogens is 1. The Morgan fingerprint density at radius 2 is 1.41 bits per heavy atom. The third-order valence-corrected chi connectivity index (χ3v) is 5.16. The van der Waals surface area contributed by atoms with E-state index in [1.54, 1.807) is 0 Å². The number of aryl methyl sites for hydroxylation is 4. The predicted molar refractivity (Wildman–Crippen MR) is 116 cm³/mol. The molecule has 3 aromatic rings. The van der Waals surface area contributed by atoms with E-state index < -0.39 is 0 Å². The number of hydrogen-bond acceptors (Lipinski definition) is 0. The fourth-order valence-electron chi connectivity index (χ4n) is 3.78. The molecule has 0 aliphatic heterocycles. The molecular weight excluding hydrogens is 326 g/mol. The first-order valence-electron chi connectivity index (χ1n) is 9.81. The highest BCUT2D eigenvalue weighted by Gasteiger charge is 2.18. The first-order valence-corrected chi connectivity index (χ1v) is 9.81. The Balaban J connectivity index is 2.13. The second kappa shape index (κ2) is 7.31. The second-order valence-electron chi connectivity index (χ2n) is 9.12. The minimum atomic E-state index is 0.284. The number of pyridine rings is 1. The van der Waals surface area contributed by atoms with Crippen molar-refractivity contribution in [3.05, 3.63) is 77.0 Å². The van der Waals surface area contributed by atoms with E-state index >= 15 is 0 Å². The average Bonchev–Trinajstić information content (AvgIpc) is 2.57. The molecule has 1 heterocycles. The van der Waals surface area contributed by atoms with Gasteiger partial charge in [0.2, 0.25) is 5.69 Å². The quantitative estimate of drug-likeness (QED) is 0.480. The summed E-state index contributed by atoms with van der Waals surface area (Å²) in [7, 11) is 2.14. The lowest BCUT2D eigenvalue weighted by atomic mass is 9.87. The van der Waals surface area contributed by atoms with Crippen molar-refractivity contribution < 1.29 is 4.57 Å². The molecule has 1 nitrogen and oxygen atoms in total. The van der Waals surface area contributed by atoms with Crippen LogP contribution in [0.5, 0.6) is 0 Å². The Kier molecular flexibility index (Phi) is 5.24. The lowest BCUT2D eigenvalue weighted by molar-refractivity contribution is -0.660. The standard InChI is InChI=1S/C26H32N/c1-18-8-10-22(11-9-18)23-16-24(20(3)14-19(23)2)25-15-21(12-13-27(25)7)17-26(4,5)6/h8-16H,17H2,1-7H3/q+1. The maximum atomic E-state index is 2.37. The Morgan fingerprint density at radius 1 is 0.778 bits per heavy atom. The topological polar surface area (TPSA) is 3.88 Å². The summed E-state index contributed by atoms with van der Waals surface area (Å²) in [5, 5.41) is 0. The van der Waals surface area contributed by atoms with Gasteiger partial charge in [0, 0.05) is 17.7 Å². The monoisotopic (exact) mass is 358 g/mol. The lowest BCUT2D eigenvalue weighted by Crippen LogP contribution is -2.31. The molecule has 140 valence electrons. The molecule has 1 heteroatoms. The largest absolute Gasteiger partial charge is 0.212 e. The van der Waals surface area contributed by atoms with Crippen molar-refractivity contribution in [2.24, 2.45) is 12.5 Å². The molecule has 3 rings (SSSR count). The van der Waals surface area contributed by atoms with Crippen molar-refractivity contribution in [3.8, 4) is 22.4 Å². The van der Waals surface area contributed by atoms with Gasteiger partial charge in [0.25, 0.3) is 0 Å². The van der Waals surface area contributed by atoms with E-state index in [4.69, 9.17) is 0 Å². The van der Waals surface area contributed by atoms with Gasteiger partial charge in [-0.3, -0.25) is 0 Å². The third kappa shape index (κ3) is 4.47. The molecule has 27 heavy (non-hydrogen) atoms. The zero-order valence-electron chi connectivity index (χ0n) is 17.9. The van der Waals surface area contributed by atoms with Gasteiger partial charge in [-0.15, -0.1) is 0 Å². The molecule has 0 radical (unpaired) electrons. The zero-order chi connectivity index (χ0) is 19.8. The van der Waals surface area contributed by atoms with Gasteiger partial charge >= 0.3 is 0 Å². The lowest BCUT2D eigenvalue weighted by Gasteiger charge is -2.18. The SMILES string of the molecule is Cc1ccc(-c2cc(-c3cc(CC(C)(C)C)cc[n+]3C)c(C)cc2C)cc1. The van der Waals surface area contributed by atoms with Crippen LogP contribution in [0.4, 0.5) is 0 Å². The predicted octanol–water partition coefficient (Wildman–Crippen LogP) is 6.36. The van der Waals surface area contributed by atoms with E-state index in [-0.39, 0.29) is 5.41 Å². The third-order valence-electron chi connectivity index (χ3n) is 5.16. The second-order valence-corrected chi connectivity index (χ2v) is 9.12. The Labute approximate surface area is 164 Å². The first kappa shape index (κ1) is 19.4. The molecule has 2 aromatic carbocycles. The van der Waals surface area contributed by atoms with Crippen LogP contribution < -0.4 is 4.57 Å². The van der Waals surface area contributed by atoms with Crippen LogP contribution in [0.1, 0.15) is 43.0 Å². The van der Waals surface area contributed by atoms with Gasteiger partial charge in [-0.25, -0.2) is 4.57 Å². The van der Waals surface area contributed by atoms with Crippen molar-refractivity contribution >= 4 is 0 Å². The van der Waals surface area contributed by atoms with Crippen LogP contribution in [0.25, 0.3) is 22.4 Å². The minimum absolute atomic E-state index is 0.284. The molecule has 0 aliphatic rings. The van der Waals surface area contributed by atoms with E-state index in [2.05, 4.69) is 108 Å². The number of hydrogen-bond donors (Lipinski definition) is 0. The summed E-state index contributed by atoms with van der Waals surface area (Å²) in [6.07, 6.45) is 3.28. The van der Waals surface area contributed by atoms with Gasteiger partial charge in [0.05, 0.1) is 0 Å². The van der Waals surface area contributed by atoms with Gasteiger partial charge in [-0.2, -0.15) is 0 Å². The number of benzene rings is 2. The smallest absolute Gasteiger partial charge is 0.201 e. The van der Waals surface area contributed by atoms with Gasteiger partial charge in [-0.1, -0.05) is 56.7 Å². The molecule has 0 saturated heterocycles. The summed E-state index contributed by atoms with van der Waals surface area (Å²) in [4.78, 5) is 0. The van der Waals surface area contributed by atoms with Gasteiger partial charge < -0.3 is 0 Å². The van der Waals surface area contributed by atoms with Crippen LogP contribution in [-0.4, -0.2) is 0 Å². The van der Waals surface area contributed by atoms with E-state index in [1.807, 2.05) is 0 Å². The summed E-state index contributed by atoms with van der Waals surface area (Å²) < 4.78 is 2.24. The minimum Gasteiger partial charge on any atom is -0.201 e. The number of nitrogens with zero attached hydrogens (tertiary/aromatic N) is 1. The molecule has 0 amide bonds. The van der Waals surface area contributed by atoms with Crippen LogP contribution in [0.2, 0.25) is 0 Å². The zero-order valence-corrected chi connectivity index (χ0v) is 17.9. The summed E-state index contributed by atoms with van der Waals surface area (Å²) >= 11 is 0. The number of rotatable bonds is 3. The van der Waals surface area contributed by atoms with Crippen molar-refractivity contribution in [2.75, 3.05) is 0 Å². The van der Waals surface area contributed by atoms with Crippen molar-refractivity contribution in [3.63, 3.8) is 0 Å². The van der Waals surface area contributed by atoms with Crippen LogP contribution in [0, 0.1) is 26.2 Å². The molecule has 0 aliphatic carbocycles. The van der Waals surface area contributed by atoms with E-state index in [1.165, 1.54) is 44.6 Å². The molecule has 0 atom stereocenters. The normalized spacial score (nSPS) is 11.7. The summed E-state index contributed by atoms with van der Waals surface area (Å²) in [5.74, 6) is 0. The van der Waals surface area contributed by atoms with Gasteiger partial charge in [-0.05, 0) is 66.5 Å². The van der Waals surface area contributed by atoms with Gasteiger partial charge in [0.1, 0.15) is 7.05 Å². The van der Waals surface area contributed by atoms with Gasteiger partial charge in [0.15, 0.2) is 6.20 Å². The van der Waals surface area contributed by atoms with E-state index in [9.17, 15) is 0 Å². The Hall–Kier alpha value is -2.41. The maximum absolute atomic E-state index is 2.37. The highest BCUT2D eigenvalue weighted by Crippen LogP contribution is 2.32. The molecule has 0 spiro atoms.